The number of nitrogens with one attached hydrogen (secondary N) is 1. The van der Waals surface area contributed by atoms with Crippen LogP contribution in [-0.2, 0) is 11.3 Å². The number of hydrogen-bond acceptors (Lipinski definition) is 2. The summed E-state index contributed by atoms with van der Waals surface area (Å²) >= 11 is 12.5. The van der Waals surface area contributed by atoms with Gasteiger partial charge in [0.2, 0.25) is 5.91 Å². The van der Waals surface area contributed by atoms with E-state index in [4.69, 9.17) is 23.2 Å². The van der Waals surface area contributed by atoms with Gasteiger partial charge in [0, 0.05) is 35.2 Å². The summed E-state index contributed by atoms with van der Waals surface area (Å²) in [5, 5.41) is 4.47. The highest BCUT2D eigenvalue weighted by atomic mass is 35.5. The van der Waals surface area contributed by atoms with Crippen molar-refractivity contribution in [2.45, 2.75) is 45.6 Å². The van der Waals surface area contributed by atoms with Gasteiger partial charge in [0.05, 0.1) is 5.92 Å². The molecule has 2 rings (SSSR count). The number of nitrogens with zero attached hydrogens (tertiary/aromatic N) is 1. The van der Waals surface area contributed by atoms with Crippen molar-refractivity contribution in [3.05, 3.63) is 33.8 Å². The molecule has 0 aliphatic carbocycles. The van der Waals surface area contributed by atoms with Gasteiger partial charge in [0.15, 0.2) is 0 Å². The molecule has 5 heteroatoms. The van der Waals surface area contributed by atoms with Crippen LogP contribution in [0.5, 0.6) is 0 Å². The van der Waals surface area contributed by atoms with Crippen LogP contribution >= 0.6 is 23.2 Å². The zero-order valence-electron chi connectivity index (χ0n) is 13.8. The number of likely N-dealkylation sites (tertiary alicyclic amines) is 1. The summed E-state index contributed by atoms with van der Waals surface area (Å²) in [6.45, 7) is 5.43. The predicted molar refractivity (Wildman–Crippen MR) is 97.0 cm³/mol. The summed E-state index contributed by atoms with van der Waals surface area (Å²) in [5.41, 5.74) is 0.958. The molecule has 0 unspecified atom stereocenters. The summed E-state index contributed by atoms with van der Waals surface area (Å²) in [7, 11) is 0. The summed E-state index contributed by atoms with van der Waals surface area (Å²) < 4.78 is 0. The van der Waals surface area contributed by atoms with Crippen molar-refractivity contribution < 1.29 is 4.79 Å². The van der Waals surface area contributed by atoms with Gasteiger partial charge in [-0.3, -0.25) is 9.69 Å². The fourth-order valence-corrected chi connectivity index (χ4v) is 3.57. The number of amides is 1. The third-order valence-corrected chi connectivity index (χ3v) is 5.11. The summed E-state index contributed by atoms with van der Waals surface area (Å²) in [5.74, 6) is 0.266. The number of piperidine rings is 1. The third kappa shape index (κ3) is 5.66. The second kappa shape index (κ2) is 9.51. The maximum absolute atomic E-state index is 12.3. The molecule has 1 saturated heterocycles. The maximum Gasteiger partial charge on any atom is 0.224 e. The molecular formula is C18H26Cl2N2O. The molecule has 1 aromatic rings. The van der Waals surface area contributed by atoms with Crippen molar-refractivity contribution in [3.8, 4) is 0 Å². The minimum absolute atomic E-state index is 0.0756. The first-order chi connectivity index (χ1) is 11.1. The molecular weight excluding hydrogens is 331 g/mol. The molecule has 1 atom stereocenters. The summed E-state index contributed by atoms with van der Waals surface area (Å²) in [4.78, 5) is 14.6. The summed E-state index contributed by atoms with van der Waals surface area (Å²) in [6, 6.07) is 5.59. The minimum atomic E-state index is 0.0756. The molecule has 3 nitrogen and oxygen atoms in total. The van der Waals surface area contributed by atoms with Gasteiger partial charge in [0.1, 0.15) is 0 Å². The SMILES string of the molecule is CCCCCNC(=O)[C@@H]1CCCN(Cc2c(Cl)cccc2Cl)C1. The number of carbonyl (C=O) groups is 1. The van der Waals surface area contributed by atoms with E-state index >= 15 is 0 Å². The molecule has 1 aromatic carbocycles. The van der Waals surface area contributed by atoms with Gasteiger partial charge in [-0.05, 0) is 37.9 Å². The Morgan fingerprint density at radius 2 is 2.04 bits per heavy atom. The second-order valence-corrected chi connectivity index (χ2v) is 7.09. The Balaban J connectivity index is 1.87. The first-order valence-electron chi connectivity index (χ1n) is 8.54. The molecule has 1 heterocycles. The van der Waals surface area contributed by atoms with E-state index in [9.17, 15) is 4.79 Å². The third-order valence-electron chi connectivity index (χ3n) is 4.40. The highest BCUT2D eigenvalue weighted by molar-refractivity contribution is 6.35. The molecule has 1 fully saturated rings. The largest absolute Gasteiger partial charge is 0.356 e. The van der Waals surface area contributed by atoms with Gasteiger partial charge in [-0.1, -0.05) is 49.0 Å². The van der Waals surface area contributed by atoms with Gasteiger partial charge in [-0.25, -0.2) is 0 Å². The number of halogens is 2. The number of carbonyl (C=O) groups excluding carboxylic acids is 1. The van der Waals surface area contributed by atoms with E-state index in [1.807, 2.05) is 18.2 Å². The van der Waals surface area contributed by atoms with Crippen LogP contribution in [0.25, 0.3) is 0 Å². The standard InChI is InChI=1S/C18H26Cl2N2O/c1-2-3-4-10-21-18(23)14-7-6-11-22(12-14)13-15-16(19)8-5-9-17(15)20/h5,8-9,14H,2-4,6-7,10-13H2,1H3,(H,21,23)/t14-/m1/s1. The molecule has 23 heavy (non-hydrogen) atoms. The molecule has 128 valence electrons. The van der Waals surface area contributed by atoms with E-state index < -0.39 is 0 Å². The maximum atomic E-state index is 12.3. The van der Waals surface area contributed by atoms with E-state index in [2.05, 4.69) is 17.1 Å². The van der Waals surface area contributed by atoms with E-state index in [1.54, 1.807) is 0 Å². The Labute approximate surface area is 149 Å². The molecule has 0 saturated carbocycles. The lowest BCUT2D eigenvalue weighted by Crippen LogP contribution is -2.43. The normalized spacial score (nSPS) is 18.8. The smallest absolute Gasteiger partial charge is 0.224 e. The van der Waals surface area contributed by atoms with Crippen molar-refractivity contribution in [1.82, 2.24) is 10.2 Å². The molecule has 1 N–H and O–H groups in total. The quantitative estimate of drug-likeness (QED) is 0.728. The Bertz CT molecular complexity index is 501. The van der Waals surface area contributed by atoms with Crippen LogP contribution in [0.2, 0.25) is 10.0 Å². The fraction of sp³-hybridized carbons (Fsp3) is 0.611. The van der Waals surface area contributed by atoms with Crippen molar-refractivity contribution in [2.75, 3.05) is 19.6 Å². The highest BCUT2D eigenvalue weighted by Crippen LogP contribution is 2.27. The predicted octanol–water partition coefficient (Wildman–Crippen LogP) is 4.51. The lowest BCUT2D eigenvalue weighted by molar-refractivity contribution is -0.126. The van der Waals surface area contributed by atoms with Gasteiger partial charge in [-0.2, -0.15) is 0 Å². The molecule has 1 aliphatic heterocycles. The Morgan fingerprint density at radius 3 is 2.74 bits per heavy atom. The Morgan fingerprint density at radius 1 is 1.30 bits per heavy atom. The van der Waals surface area contributed by atoms with Gasteiger partial charge in [-0.15, -0.1) is 0 Å². The topological polar surface area (TPSA) is 32.3 Å². The lowest BCUT2D eigenvalue weighted by Gasteiger charge is -2.32. The molecule has 1 aliphatic rings. The molecule has 0 bridgehead atoms. The van der Waals surface area contributed by atoms with Crippen LogP contribution in [-0.4, -0.2) is 30.4 Å². The van der Waals surface area contributed by atoms with Crippen LogP contribution in [0, 0.1) is 5.92 Å². The van der Waals surface area contributed by atoms with Crippen LogP contribution in [0.1, 0.15) is 44.6 Å². The van der Waals surface area contributed by atoms with Gasteiger partial charge < -0.3 is 5.32 Å². The van der Waals surface area contributed by atoms with E-state index in [1.165, 1.54) is 12.8 Å². The zero-order chi connectivity index (χ0) is 16.7. The first-order valence-corrected chi connectivity index (χ1v) is 9.30. The van der Waals surface area contributed by atoms with E-state index in [0.717, 1.165) is 44.5 Å². The van der Waals surface area contributed by atoms with Crippen molar-refractivity contribution in [1.29, 1.82) is 0 Å². The van der Waals surface area contributed by atoms with E-state index in [-0.39, 0.29) is 11.8 Å². The van der Waals surface area contributed by atoms with Crippen molar-refractivity contribution >= 4 is 29.1 Å². The Hall–Kier alpha value is -0.770. The zero-order valence-corrected chi connectivity index (χ0v) is 15.3. The average molecular weight is 357 g/mol. The molecule has 1 amide bonds. The fourth-order valence-electron chi connectivity index (χ4n) is 3.05. The Kier molecular flexibility index (Phi) is 7.68. The number of hydrogen-bond donors (Lipinski definition) is 1. The monoisotopic (exact) mass is 356 g/mol. The van der Waals surface area contributed by atoms with Gasteiger partial charge >= 0.3 is 0 Å². The molecule has 0 spiro atoms. The highest BCUT2D eigenvalue weighted by Gasteiger charge is 2.26. The van der Waals surface area contributed by atoms with Crippen molar-refractivity contribution in [2.24, 2.45) is 5.92 Å². The van der Waals surface area contributed by atoms with Gasteiger partial charge in [0.25, 0.3) is 0 Å². The molecule has 0 aromatic heterocycles. The first kappa shape index (κ1) is 18.6. The van der Waals surface area contributed by atoms with Crippen LogP contribution in [0.4, 0.5) is 0 Å². The second-order valence-electron chi connectivity index (χ2n) is 6.27. The van der Waals surface area contributed by atoms with Crippen LogP contribution in [0.15, 0.2) is 18.2 Å². The number of unbranched alkanes of at least 4 members (excludes halogenated alkanes) is 2. The van der Waals surface area contributed by atoms with E-state index in [0.29, 0.717) is 16.6 Å². The molecule has 0 radical (unpaired) electrons. The number of benzene rings is 1. The summed E-state index contributed by atoms with van der Waals surface area (Å²) in [6.07, 6.45) is 5.41. The van der Waals surface area contributed by atoms with Crippen LogP contribution in [0.3, 0.4) is 0 Å². The lowest BCUT2D eigenvalue weighted by atomic mass is 9.96. The van der Waals surface area contributed by atoms with Crippen molar-refractivity contribution in [3.63, 3.8) is 0 Å². The average Bonchev–Trinajstić information content (AvgIpc) is 2.55. The minimum Gasteiger partial charge on any atom is -0.356 e. The van der Waals surface area contributed by atoms with Crippen LogP contribution < -0.4 is 5.32 Å². The number of rotatable bonds is 7.